The molecule has 0 unspecified atom stereocenters. The topological polar surface area (TPSA) is 63.6 Å². The van der Waals surface area contributed by atoms with E-state index in [9.17, 15) is 4.39 Å². The Balaban J connectivity index is 1.87. The molecule has 0 aliphatic heterocycles. The highest BCUT2D eigenvalue weighted by atomic mass is 32.1. The fourth-order valence-electron chi connectivity index (χ4n) is 2.58. The Labute approximate surface area is 147 Å². The third kappa shape index (κ3) is 3.06. The van der Waals surface area contributed by atoms with Gasteiger partial charge in [0.1, 0.15) is 5.52 Å². The predicted molar refractivity (Wildman–Crippen MR) is 97.6 cm³/mol. The van der Waals surface area contributed by atoms with E-state index >= 15 is 0 Å². The molecule has 1 N–H and O–H groups in total. The molecule has 4 heterocycles. The SMILES string of the molecule is Cc1csc(Nc2ncc(-c3ccc(F)nc3)c3ccc(C)nc23)n1. The number of hydrogen-bond acceptors (Lipinski definition) is 6. The fourth-order valence-corrected chi connectivity index (χ4v) is 3.27. The maximum atomic E-state index is 13.1. The normalized spacial score (nSPS) is 11.0. The maximum absolute atomic E-state index is 13.1. The van der Waals surface area contributed by atoms with Gasteiger partial charge >= 0.3 is 0 Å². The van der Waals surface area contributed by atoms with Gasteiger partial charge in [-0.15, -0.1) is 11.3 Å². The standard InChI is InChI=1S/C18H14FN5S/c1-10-3-5-13-14(12-4-6-15(19)20-7-12)8-21-17(16(13)22-10)24-18-23-11(2)9-25-18/h3-9H,1-2H3,(H,21,23,24). The van der Waals surface area contributed by atoms with Gasteiger partial charge in [-0.25, -0.2) is 19.9 Å². The predicted octanol–water partition coefficient (Wildman–Crippen LogP) is 4.65. The smallest absolute Gasteiger partial charge is 0.212 e. The van der Waals surface area contributed by atoms with Crippen molar-refractivity contribution < 1.29 is 4.39 Å². The van der Waals surface area contributed by atoms with Gasteiger partial charge in [0, 0.05) is 40.0 Å². The van der Waals surface area contributed by atoms with E-state index in [1.54, 1.807) is 12.3 Å². The number of aryl methyl sites for hydroxylation is 2. The zero-order valence-corrected chi connectivity index (χ0v) is 14.4. The first-order valence-electron chi connectivity index (χ1n) is 7.67. The number of hydrogen-bond donors (Lipinski definition) is 1. The van der Waals surface area contributed by atoms with Crippen LogP contribution >= 0.6 is 11.3 Å². The lowest BCUT2D eigenvalue weighted by Crippen LogP contribution is -1.98. The minimum Gasteiger partial charge on any atom is -0.314 e. The summed E-state index contributed by atoms with van der Waals surface area (Å²) in [5, 5.41) is 6.91. The molecular weight excluding hydrogens is 337 g/mol. The van der Waals surface area contributed by atoms with Crippen molar-refractivity contribution in [2.24, 2.45) is 0 Å². The fraction of sp³-hybridized carbons (Fsp3) is 0.111. The van der Waals surface area contributed by atoms with Crippen molar-refractivity contribution in [2.75, 3.05) is 5.32 Å². The van der Waals surface area contributed by atoms with Gasteiger partial charge in [-0.05, 0) is 32.0 Å². The summed E-state index contributed by atoms with van der Waals surface area (Å²) in [6, 6.07) is 6.97. The van der Waals surface area contributed by atoms with Crippen LogP contribution in [0.4, 0.5) is 15.3 Å². The molecule has 4 aromatic heterocycles. The van der Waals surface area contributed by atoms with Gasteiger partial charge < -0.3 is 5.32 Å². The number of anilines is 2. The van der Waals surface area contributed by atoms with Crippen LogP contribution < -0.4 is 5.32 Å². The number of fused-ring (bicyclic) bond motifs is 1. The summed E-state index contributed by atoms with van der Waals surface area (Å²) in [5.41, 5.74) is 4.24. The molecule has 0 atom stereocenters. The average Bonchev–Trinajstić information content (AvgIpc) is 3.01. The zero-order valence-electron chi connectivity index (χ0n) is 13.6. The van der Waals surface area contributed by atoms with E-state index in [0.717, 1.165) is 38.5 Å². The molecule has 4 rings (SSSR count). The Bertz CT molecular complexity index is 1060. The Morgan fingerprint density at radius 2 is 1.84 bits per heavy atom. The molecule has 0 amide bonds. The second-order valence-electron chi connectivity index (χ2n) is 5.66. The third-order valence-electron chi connectivity index (χ3n) is 3.75. The summed E-state index contributed by atoms with van der Waals surface area (Å²) in [6.45, 7) is 3.88. The van der Waals surface area contributed by atoms with E-state index in [1.165, 1.54) is 23.6 Å². The second-order valence-corrected chi connectivity index (χ2v) is 6.52. The van der Waals surface area contributed by atoms with Crippen molar-refractivity contribution in [3.05, 3.63) is 59.4 Å². The highest BCUT2D eigenvalue weighted by Crippen LogP contribution is 2.32. The van der Waals surface area contributed by atoms with Crippen molar-refractivity contribution in [2.45, 2.75) is 13.8 Å². The molecule has 7 heteroatoms. The summed E-state index contributed by atoms with van der Waals surface area (Å²) in [5.74, 6) is 0.138. The number of nitrogens with zero attached hydrogens (tertiary/aromatic N) is 4. The van der Waals surface area contributed by atoms with Crippen molar-refractivity contribution in [3.63, 3.8) is 0 Å². The number of rotatable bonds is 3. The quantitative estimate of drug-likeness (QED) is 0.544. The van der Waals surface area contributed by atoms with E-state index in [4.69, 9.17) is 0 Å². The van der Waals surface area contributed by atoms with Gasteiger partial charge in [0.25, 0.3) is 0 Å². The van der Waals surface area contributed by atoms with Crippen molar-refractivity contribution >= 4 is 33.2 Å². The highest BCUT2D eigenvalue weighted by Gasteiger charge is 2.12. The molecule has 124 valence electrons. The Kier molecular flexibility index (Phi) is 3.85. The van der Waals surface area contributed by atoms with Crippen LogP contribution in [0.3, 0.4) is 0 Å². The lowest BCUT2D eigenvalue weighted by molar-refractivity contribution is 0.584. The Morgan fingerprint density at radius 1 is 0.960 bits per heavy atom. The molecule has 0 spiro atoms. The monoisotopic (exact) mass is 351 g/mol. The van der Waals surface area contributed by atoms with E-state index in [2.05, 4.69) is 25.3 Å². The van der Waals surface area contributed by atoms with E-state index in [1.807, 2.05) is 31.4 Å². The largest absolute Gasteiger partial charge is 0.314 e. The molecule has 0 bridgehead atoms. The molecular formula is C18H14FN5S. The number of thiazole rings is 1. The molecule has 25 heavy (non-hydrogen) atoms. The minimum atomic E-state index is -0.507. The van der Waals surface area contributed by atoms with Crippen molar-refractivity contribution in [1.29, 1.82) is 0 Å². The first-order valence-corrected chi connectivity index (χ1v) is 8.55. The van der Waals surface area contributed by atoms with Crippen molar-refractivity contribution in [3.8, 4) is 11.1 Å². The number of nitrogens with one attached hydrogen (secondary N) is 1. The molecule has 5 nitrogen and oxygen atoms in total. The third-order valence-corrected chi connectivity index (χ3v) is 4.63. The van der Waals surface area contributed by atoms with Crippen LogP contribution in [0.15, 0.2) is 42.0 Å². The first kappa shape index (κ1) is 15.6. The van der Waals surface area contributed by atoms with Crippen LogP contribution in [0.25, 0.3) is 22.0 Å². The summed E-state index contributed by atoms with van der Waals surface area (Å²) >= 11 is 1.52. The Hall–Kier alpha value is -2.93. The van der Waals surface area contributed by atoms with Gasteiger partial charge in [0.15, 0.2) is 10.9 Å². The van der Waals surface area contributed by atoms with Crippen molar-refractivity contribution in [1.82, 2.24) is 19.9 Å². The molecule has 4 aromatic rings. The molecule has 0 aromatic carbocycles. The molecule has 0 saturated heterocycles. The van der Waals surface area contributed by atoms with E-state index in [-0.39, 0.29) is 0 Å². The molecule has 0 fully saturated rings. The molecule has 0 aliphatic rings. The van der Waals surface area contributed by atoms with E-state index < -0.39 is 5.95 Å². The number of aromatic nitrogens is 4. The molecule has 0 saturated carbocycles. The highest BCUT2D eigenvalue weighted by molar-refractivity contribution is 7.13. The van der Waals surface area contributed by atoms with Crippen LogP contribution in [0.1, 0.15) is 11.4 Å². The van der Waals surface area contributed by atoms with Crippen LogP contribution in [-0.4, -0.2) is 19.9 Å². The van der Waals surface area contributed by atoms with Crippen LogP contribution in [-0.2, 0) is 0 Å². The van der Waals surface area contributed by atoms with Crippen LogP contribution in [0.2, 0.25) is 0 Å². The zero-order chi connectivity index (χ0) is 17.4. The van der Waals surface area contributed by atoms with Gasteiger partial charge in [-0.3, -0.25) is 0 Å². The number of pyridine rings is 3. The van der Waals surface area contributed by atoms with Gasteiger partial charge in [0.05, 0.1) is 5.69 Å². The van der Waals surface area contributed by atoms with Gasteiger partial charge in [0.2, 0.25) is 5.95 Å². The number of halogens is 1. The second kappa shape index (κ2) is 6.18. The van der Waals surface area contributed by atoms with Gasteiger partial charge in [-0.1, -0.05) is 6.07 Å². The summed E-state index contributed by atoms with van der Waals surface area (Å²) in [4.78, 5) is 17.3. The lowest BCUT2D eigenvalue weighted by atomic mass is 10.0. The van der Waals surface area contributed by atoms with Crippen LogP contribution in [0, 0.1) is 19.8 Å². The average molecular weight is 351 g/mol. The maximum Gasteiger partial charge on any atom is 0.212 e. The lowest BCUT2D eigenvalue weighted by Gasteiger charge is -2.11. The Morgan fingerprint density at radius 3 is 2.56 bits per heavy atom. The summed E-state index contributed by atoms with van der Waals surface area (Å²) < 4.78 is 13.1. The molecule has 0 aliphatic carbocycles. The first-order chi connectivity index (χ1) is 12.1. The van der Waals surface area contributed by atoms with E-state index in [0.29, 0.717) is 5.82 Å². The minimum absolute atomic E-state index is 0.507. The van der Waals surface area contributed by atoms with Crippen LogP contribution in [0.5, 0.6) is 0 Å². The summed E-state index contributed by atoms with van der Waals surface area (Å²) in [7, 11) is 0. The summed E-state index contributed by atoms with van der Waals surface area (Å²) in [6.07, 6.45) is 3.25. The molecule has 0 radical (unpaired) electrons. The van der Waals surface area contributed by atoms with Gasteiger partial charge in [-0.2, -0.15) is 4.39 Å².